The number of halogens is 1. The Hall–Kier alpha value is -0.980. The standard InChI is InChI=1S/C12H14BrNO/c1-4-7-14(3)12-8-10(13)5-6-11(12)9(2)15/h1,5-6,8-9,15H,7H2,2-3H3. The molecule has 0 amide bonds. The third kappa shape index (κ3) is 2.98. The monoisotopic (exact) mass is 267 g/mol. The Morgan fingerprint density at radius 2 is 2.27 bits per heavy atom. The summed E-state index contributed by atoms with van der Waals surface area (Å²) < 4.78 is 0.978. The first-order chi connectivity index (χ1) is 7.06. The predicted molar refractivity (Wildman–Crippen MR) is 66.9 cm³/mol. The minimum absolute atomic E-state index is 0.492. The van der Waals surface area contributed by atoms with Crippen molar-refractivity contribution in [1.82, 2.24) is 0 Å². The molecule has 0 heterocycles. The van der Waals surface area contributed by atoms with E-state index >= 15 is 0 Å². The smallest absolute Gasteiger partial charge is 0.0788 e. The minimum Gasteiger partial charge on any atom is -0.389 e. The highest BCUT2D eigenvalue weighted by Gasteiger charge is 2.11. The first-order valence-electron chi connectivity index (χ1n) is 4.68. The normalized spacial score (nSPS) is 11.9. The lowest BCUT2D eigenvalue weighted by Gasteiger charge is -2.21. The molecule has 0 radical (unpaired) electrons. The van der Waals surface area contributed by atoms with Gasteiger partial charge in [0.2, 0.25) is 0 Å². The first kappa shape index (κ1) is 12.1. The molecule has 2 nitrogen and oxygen atoms in total. The maximum atomic E-state index is 9.62. The number of aliphatic hydroxyl groups excluding tert-OH is 1. The Labute approximate surface area is 99.0 Å². The second kappa shape index (κ2) is 5.20. The Bertz CT molecular complexity index is 382. The van der Waals surface area contributed by atoms with E-state index in [-0.39, 0.29) is 0 Å². The van der Waals surface area contributed by atoms with Crippen LogP contribution in [0.5, 0.6) is 0 Å². The van der Waals surface area contributed by atoms with Gasteiger partial charge in [0.05, 0.1) is 12.6 Å². The minimum atomic E-state index is -0.492. The second-order valence-corrected chi connectivity index (χ2v) is 4.35. The Morgan fingerprint density at radius 1 is 1.60 bits per heavy atom. The molecule has 0 aliphatic rings. The maximum Gasteiger partial charge on any atom is 0.0788 e. The summed E-state index contributed by atoms with van der Waals surface area (Å²) in [4.78, 5) is 1.94. The van der Waals surface area contributed by atoms with Crippen molar-refractivity contribution in [2.24, 2.45) is 0 Å². The number of benzene rings is 1. The van der Waals surface area contributed by atoms with Crippen LogP contribution in [0.15, 0.2) is 22.7 Å². The molecule has 80 valence electrons. The lowest BCUT2D eigenvalue weighted by atomic mass is 10.1. The van der Waals surface area contributed by atoms with Gasteiger partial charge in [-0.25, -0.2) is 0 Å². The third-order valence-corrected chi connectivity index (χ3v) is 2.68. The Balaban J connectivity index is 3.13. The van der Waals surface area contributed by atoms with Gasteiger partial charge in [-0.2, -0.15) is 0 Å². The summed E-state index contributed by atoms with van der Waals surface area (Å²) in [5.74, 6) is 2.58. The number of nitrogens with zero attached hydrogens (tertiary/aromatic N) is 1. The molecule has 1 N–H and O–H groups in total. The number of terminal acetylenes is 1. The van der Waals surface area contributed by atoms with Gasteiger partial charge in [0.25, 0.3) is 0 Å². The zero-order valence-corrected chi connectivity index (χ0v) is 10.5. The maximum absolute atomic E-state index is 9.62. The van der Waals surface area contributed by atoms with Crippen LogP contribution >= 0.6 is 15.9 Å². The molecule has 0 saturated carbocycles. The van der Waals surface area contributed by atoms with Crippen molar-refractivity contribution in [3.05, 3.63) is 28.2 Å². The van der Waals surface area contributed by atoms with Gasteiger partial charge in [0, 0.05) is 22.8 Å². The fourth-order valence-corrected chi connectivity index (χ4v) is 1.77. The molecular formula is C12H14BrNO. The summed E-state index contributed by atoms with van der Waals surface area (Å²) in [5.41, 5.74) is 1.84. The fraction of sp³-hybridized carbons (Fsp3) is 0.333. The van der Waals surface area contributed by atoms with Gasteiger partial charge >= 0.3 is 0 Å². The number of aliphatic hydroxyl groups is 1. The Morgan fingerprint density at radius 3 is 2.80 bits per heavy atom. The molecule has 3 heteroatoms. The van der Waals surface area contributed by atoms with E-state index in [2.05, 4.69) is 21.9 Å². The molecule has 0 bridgehead atoms. The lowest BCUT2D eigenvalue weighted by Crippen LogP contribution is -2.19. The predicted octanol–water partition coefficient (Wildman–Crippen LogP) is 2.57. The summed E-state index contributed by atoms with van der Waals surface area (Å²) in [5, 5.41) is 9.62. The van der Waals surface area contributed by atoms with Crippen LogP contribution in [0.2, 0.25) is 0 Å². The van der Waals surface area contributed by atoms with Gasteiger partial charge in [0.1, 0.15) is 0 Å². The summed E-state index contributed by atoms with van der Waals surface area (Å²) in [7, 11) is 1.91. The van der Waals surface area contributed by atoms with Gasteiger partial charge in [-0.3, -0.25) is 0 Å². The molecule has 0 aliphatic heterocycles. The van der Waals surface area contributed by atoms with Crippen LogP contribution in [-0.2, 0) is 0 Å². The molecule has 15 heavy (non-hydrogen) atoms. The van der Waals surface area contributed by atoms with Crippen LogP contribution in [0, 0.1) is 12.3 Å². The van der Waals surface area contributed by atoms with Crippen LogP contribution in [0.4, 0.5) is 5.69 Å². The lowest BCUT2D eigenvalue weighted by molar-refractivity contribution is 0.199. The molecule has 1 atom stereocenters. The van der Waals surface area contributed by atoms with Crippen molar-refractivity contribution in [3.8, 4) is 12.3 Å². The van der Waals surface area contributed by atoms with Crippen molar-refractivity contribution >= 4 is 21.6 Å². The van der Waals surface area contributed by atoms with Gasteiger partial charge < -0.3 is 10.0 Å². The van der Waals surface area contributed by atoms with Crippen molar-refractivity contribution in [2.45, 2.75) is 13.0 Å². The van der Waals surface area contributed by atoms with E-state index in [9.17, 15) is 5.11 Å². The zero-order valence-electron chi connectivity index (χ0n) is 8.87. The SMILES string of the molecule is C#CCN(C)c1cc(Br)ccc1C(C)O. The van der Waals surface area contributed by atoms with E-state index in [4.69, 9.17) is 6.42 Å². The first-order valence-corrected chi connectivity index (χ1v) is 5.47. The second-order valence-electron chi connectivity index (χ2n) is 3.44. The molecule has 1 aromatic rings. The van der Waals surface area contributed by atoms with Crippen LogP contribution in [-0.4, -0.2) is 18.7 Å². The average Bonchev–Trinajstić information content (AvgIpc) is 2.17. The molecule has 1 rings (SSSR count). The highest BCUT2D eigenvalue weighted by atomic mass is 79.9. The summed E-state index contributed by atoms with van der Waals surface area (Å²) in [6.07, 6.45) is 4.77. The van der Waals surface area contributed by atoms with E-state index in [1.165, 1.54) is 0 Å². The van der Waals surface area contributed by atoms with E-state index in [0.717, 1.165) is 15.7 Å². The zero-order chi connectivity index (χ0) is 11.4. The largest absolute Gasteiger partial charge is 0.389 e. The number of hydrogen-bond acceptors (Lipinski definition) is 2. The fourth-order valence-electron chi connectivity index (χ4n) is 1.42. The Kier molecular flexibility index (Phi) is 4.19. The van der Waals surface area contributed by atoms with Crippen molar-refractivity contribution in [2.75, 3.05) is 18.5 Å². The van der Waals surface area contributed by atoms with Crippen LogP contribution < -0.4 is 4.90 Å². The molecule has 0 fully saturated rings. The quantitative estimate of drug-likeness (QED) is 0.852. The number of anilines is 1. The van der Waals surface area contributed by atoms with Gasteiger partial charge in [-0.05, 0) is 19.1 Å². The van der Waals surface area contributed by atoms with E-state index < -0.39 is 6.10 Å². The van der Waals surface area contributed by atoms with E-state index in [1.54, 1.807) is 6.92 Å². The molecule has 0 saturated heterocycles. The van der Waals surface area contributed by atoms with Gasteiger partial charge in [-0.15, -0.1) is 6.42 Å². The molecule has 0 spiro atoms. The van der Waals surface area contributed by atoms with Crippen molar-refractivity contribution < 1.29 is 5.11 Å². The van der Waals surface area contributed by atoms with Crippen molar-refractivity contribution in [3.63, 3.8) is 0 Å². The van der Waals surface area contributed by atoms with E-state index in [1.807, 2.05) is 30.1 Å². The molecular weight excluding hydrogens is 254 g/mol. The molecule has 0 aromatic heterocycles. The van der Waals surface area contributed by atoms with Gasteiger partial charge in [-0.1, -0.05) is 27.9 Å². The van der Waals surface area contributed by atoms with Crippen molar-refractivity contribution in [1.29, 1.82) is 0 Å². The average molecular weight is 268 g/mol. The van der Waals surface area contributed by atoms with Crippen LogP contribution in [0.25, 0.3) is 0 Å². The van der Waals surface area contributed by atoms with E-state index in [0.29, 0.717) is 6.54 Å². The molecule has 0 aliphatic carbocycles. The summed E-state index contributed by atoms with van der Waals surface area (Å²) in [6.45, 7) is 2.27. The molecule has 1 aromatic carbocycles. The molecule has 1 unspecified atom stereocenters. The van der Waals surface area contributed by atoms with Crippen LogP contribution in [0.1, 0.15) is 18.6 Å². The summed E-state index contributed by atoms with van der Waals surface area (Å²) >= 11 is 3.40. The third-order valence-electron chi connectivity index (χ3n) is 2.18. The van der Waals surface area contributed by atoms with Crippen LogP contribution in [0.3, 0.4) is 0 Å². The highest BCUT2D eigenvalue weighted by Crippen LogP contribution is 2.28. The number of rotatable bonds is 3. The summed E-state index contributed by atoms with van der Waals surface area (Å²) in [6, 6.07) is 5.77. The van der Waals surface area contributed by atoms with Gasteiger partial charge in [0.15, 0.2) is 0 Å². The highest BCUT2D eigenvalue weighted by molar-refractivity contribution is 9.10. The number of hydrogen-bond donors (Lipinski definition) is 1. The topological polar surface area (TPSA) is 23.5 Å².